The lowest BCUT2D eigenvalue weighted by atomic mass is 9.98. The Morgan fingerprint density at radius 2 is 0.722 bits per heavy atom. The zero-order chi connectivity index (χ0) is 35.6. The molecule has 54 heavy (non-hydrogen) atoms. The summed E-state index contributed by atoms with van der Waals surface area (Å²) in [6.45, 7) is 0. The maximum atomic E-state index is 2.42. The molecule has 11 rings (SSSR count). The Hall–Kier alpha value is -7.16. The highest BCUT2D eigenvalue weighted by atomic mass is 15.0. The van der Waals surface area contributed by atoms with Gasteiger partial charge in [0.2, 0.25) is 0 Å². The minimum Gasteiger partial charge on any atom is -0.309 e. The summed E-state index contributed by atoms with van der Waals surface area (Å²) in [6, 6.07) is 75.2. The van der Waals surface area contributed by atoms with Gasteiger partial charge in [0.25, 0.3) is 0 Å². The molecule has 2 aromatic heterocycles. The molecule has 0 unspecified atom stereocenters. The summed E-state index contributed by atoms with van der Waals surface area (Å²) in [5, 5.41) is 7.53. The second-order valence-corrected chi connectivity index (χ2v) is 14.2. The van der Waals surface area contributed by atoms with Gasteiger partial charge in [0.1, 0.15) is 0 Å². The topological polar surface area (TPSA) is 9.86 Å². The average Bonchev–Trinajstić information content (AvgIpc) is 3.76. The van der Waals surface area contributed by atoms with Crippen molar-refractivity contribution in [3.63, 3.8) is 0 Å². The lowest BCUT2D eigenvalue weighted by Crippen LogP contribution is -1.94. The molecule has 0 fully saturated rings. The Morgan fingerprint density at radius 1 is 0.241 bits per heavy atom. The molecule has 0 aliphatic heterocycles. The molecule has 2 heteroatoms. The molecule has 0 radical (unpaired) electrons. The number of aromatic nitrogens is 2. The van der Waals surface area contributed by atoms with E-state index >= 15 is 0 Å². The van der Waals surface area contributed by atoms with E-state index in [1.54, 1.807) is 0 Å². The lowest BCUT2D eigenvalue weighted by Gasteiger charge is -2.12. The van der Waals surface area contributed by atoms with E-state index in [0.29, 0.717) is 0 Å². The molecular formula is C52H34N2. The molecule has 9 aromatic carbocycles. The number of hydrogen-bond acceptors (Lipinski definition) is 0. The van der Waals surface area contributed by atoms with Crippen LogP contribution in [0.1, 0.15) is 0 Å². The van der Waals surface area contributed by atoms with Crippen molar-refractivity contribution < 1.29 is 0 Å². The van der Waals surface area contributed by atoms with Gasteiger partial charge in [-0.05, 0) is 105 Å². The summed E-state index contributed by atoms with van der Waals surface area (Å²) in [4.78, 5) is 0. The molecule has 0 atom stereocenters. The molecule has 0 saturated heterocycles. The van der Waals surface area contributed by atoms with E-state index in [1.165, 1.54) is 87.8 Å². The first-order valence-electron chi connectivity index (χ1n) is 18.6. The van der Waals surface area contributed by atoms with Crippen molar-refractivity contribution in [1.29, 1.82) is 0 Å². The van der Waals surface area contributed by atoms with Gasteiger partial charge in [-0.25, -0.2) is 0 Å². The Balaban J connectivity index is 1.03. The molecule has 0 saturated carbocycles. The smallest absolute Gasteiger partial charge is 0.0541 e. The Kier molecular flexibility index (Phi) is 6.90. The largest absolute Gasteiger partial charge is 0.309 e. The minimum atomic E-state index is 1.16. The third kappa shape index (κ3) is 4.81. The number of rotatable bonds is 5. The Morgan fingerprint density at radius 3 is 1.41 bits per heavy atom. The van der Waals surface area contributed by atoms with Crippen molar-refractivity contribution in [3.8, 4) is 44.8 Å². The third-order valence-electron chi connectivity index (χ3n) is 11.1. The third-order valence-corrected chi connectivity index (χ3v) is 11.1. The van der Waals surface area contributed by atoms with Crippen LogP contribution in [0.3, 0.4) is 0 Å². The van der Waals surface area contributed by atoms with Gasteiger partial charge in [0.15, 0.2) is 0 Å². The molecule has 2 nitrogen and oxygen atoms in total. The summed E-state index contributed by atoms with van der Waals surface area (Å²) in [5.74, 6) is 0. The number of hydrogen-bond donors (Lipinski definition) is 0. The van der Waals surface area contributed by atoms with Crippen molar-refractivity contribution in [2.75, 3.05) is 0 Å². The molecule has 0 aliphatic carbocycles. The maximum absolute atomic E-state index is 2.42. The molecule has 0 N–H and O–H groups in total. The van der Waals surface area contributed by atoms with Gasteiger partial charge in [-0.2, -0.15) is 0 Å². The SMILES string of the molecule is c1ccc(-c2ccc(-n3c4ccccc4c4cc(-c5ccc6c(c5)c5ccccc5n6-c5cccc(-c6cccc7ccccc67)c5)ccc43)cc2)cc1. The second-order valence-electron chi connectivity index (χ2n) is 14.2. The molecular weight excluding hydrogens is 653 g/mol. The van der Waals surface area contributed by atoms with Crippen molar-refractivity contribution in [3.05, 3.63) is 206 Å². The lowest BCUT2D eigenvalue weighted by molar-refractivity contribution is 1.18. The van der Waals surface area contributed by atoms with E-state index in [0.717, 1.165) is 11.4 Å². The van der Waals surface area contributed by atoms with E-state index in [-0.39, 0.29) is 0 Å². The zero-order valence-electron chi connectivity index (χ0n) is 29.5. The van der Waals surface area contributed by atoms with Gasteiger partial charge < -0.3 is 9.13 Å². The monoisotopic (exact) mass is 686 g/mol. The predicted octanol–water partition coefficient (Wildman–Crippen LogP) is 14.0. The van der Waals surface area contributed by atoms with Crippen LogP contribution in [0.15, 0.2) is 206 Å². The zero-order valence-corrected chi connectivity index (χ0v) is 29.5. The molecule has 0 spiro atoms. The van der Waals surface area contributed by atoms with Crippen LogP contribution in [0.4, 0.5) is 0 Å². The first-order chi connectivity index (χ1) is 26.8. The van der Waals surface area contributed by atoms with Gasteiger partial charge in [-0.15, -0.1) is 0 Å². The molecule has 0 bridgehead atoms. The fourth-order valence-corrected chi connectivity index (χ4v) is 8.58. The number of para-hydroxylation sites is 2. The van der Waals surface area contributed by atoms with E-state index in [1.807, 2.05) is 0 Å². The van der Waals surface area contributed by atoms with Crippen molar-refractivity contribution in [1.82, 2.24) is 9.13 Å². The van der Waals surface area contributed by atoms with Crippen LogP contribution in [0.25, 0.3) is 99.1 Å². The van der Waals surface area contributed by atoms with Gasteiger partial charge >= 0.3 is 0 Å². The molecule has 2 heterocycles. The number of benzene rings is 9. The summed E-state index contributed by atoms with van der Waals surface area (Å²) >= 11 is 0. The van der Waals surface area contributed by atoms with E-state index < -0.39 is 0 Å². The van der Waals surface area contributed by atoms with E-state index in [2.05, 4.69) is 215 Å². The average molecular weight is 687 g/mol. The fourth-order valence-electron chi connectivity index (χ4n) is 8.58. The van der Waals surface area contributed by atoms with Crippen LogP contribution >= 0.6 is 0 Å². The number of fused-ring (bicyclic) bond motifs is 7. The van der Waals surface area contributed by atoms with Gasteiger partial charge in [0.05, 0.1) is 22.1 Å². The van der Waals surface area contributed by atoms with Crippen LogP contribution in [-0.2, 0) is 0 Å². The standard InChI is InChI=1S/C52H34N2/c1-2-12-35(13-3-1)36-24-28-41(29-25-36)53-49-22-8-6-19-45(49)47-33-38(26-30-51(47)53)39-27-31-52-48(34-39)46-20-7-9-23-50(46)54(52)42-17-10-16-40(32-42)44-21-11-15-37-14-4-5-18-43(37)44/h1-34H. The van der Waals surface area contributed by atoms with E-state index in [9.17, 15) is 0 Å². The van der Waals surface area contributed by atoms with E-state index in [4.69, 9.17) is 0 Å². The van der Waals surface area contributed by atoms with Crippen LogP contribution in [-0.4, -0.2) is 9.13 Å². The van der Waals surface area contributed by atoms with Crippen molar-refractivity contribution >= 4 is 54.4 Å². The highest BCUT2D eigenvalue weighted by Gasteiger charge is 2.17. The number of nitrogens with zero attached hydrogens (tertiary/aromatic N) is 2. The fraction of sp³-hybridized carbons (Fsp3) is 0. The molecule has 252 valence electrons. The minimum absolute atomic E-state index is 1.16. The normalized spacial score (nSPS) is 11.7. The molecule has 11 aromatic rings. The van der Waals surface area contributed by atoms with Gasteiger partial charge in [0, 0.05) is 32.9 Å². The van der Waals surface area contributed by atoms with Crippen LogP contribution < -0.4 is 0 Å². The van der Waals surface area contributed by atoms with Crippen molar-refractivity contribution in [2.24, 2.45) is 0 Å². The van der Waals surface area contributed by atoms with Gasteiger partial charge in [-0.3, -0.25) is 0 Å². The maximum Gasteiger partial charge on any atom is 0.0541 e. The second kappa shape index (κ2) is 12.2. The highest BCUT2D eigenvalue weighted by Crippen LogP contribution is 2.39. The van der Waals surface area contributed by atoms with Crippen molar-refractivity contribution in [2.45, 2.75) is 0 Å². The molecule has 0 aliphatic rings. The summed E-state index contributed by atoms with van der Waals surface area (Å²) in [5.41, 5.74) is 14.5. The van der Waals surface area contributed by atoms with Gasteiger partial charge in [-0.1, -0.05) is 146 Å². The van der Waals surface area contributed by atoms with Crippen LogP contribution in [0, 0.1) is 0 Å². The summed E-state index contributed by atoms with van der Waals surface area (Å²) in [6.07, 6.45) is 0. The first kappa shape index (κ1) is 30.5. The quantitative estimate of drug-likeness (QED) is 0.171. The molecule has 0 amide bonds. The summed E-state index contributed by atoms with van der Waals surface area (Å²) < 4.78 is 4.81. The Labute approximate surface area is 313 Å². The van der Waals surface area contributed by atoms with Crippen LogP contribution in [0.2, 0.25) is 0 Å². The Bertz CT molecular complexity index is 3190. The highest BCUT2D eigenvalue weighted by molar-refractivity contribution is 6.13. The van der Waals surface area contributed by atoms with Crippen LogP contribution in [0.5, 0.6) is 0 Å². The summed E-state index contributed by atoms with van der Waals surface area (Å²) in [7, 11) is 0. The predicted molar refractivity (Wildman–Crippen MR) is 229 cm³/mol. The first-order valence-corrected chi connectivity index (χ1v) is 18.6.